The average Bonchev–Trinajstić information content (AvgIpc) is 0.849. The fourth-order valence-electron chi connectivity index (χ4n) is 10.6. The molecule has 3 N–H and O–H groups in total. The number of carbonyl (C=O) groups excluding carboxylic acids is 2. The summed E-state index contributed by atoms with van der Waals surface area (Å²) >= 11 is 10.7. The van der Waals surface area contributed by atoms with Crippen LogP contribution in [0.15, 0.2) is 243 Å². The minimum Gasteiger partial charge on any atom is -0.406 e. The number of nitrogen functional groups attached to an aromatic ring is 1. The molecule has 0 unspecified atom stereocenters. The van der Waals surface area contributed by atoms with Crippen molar-refractivity contribution < 1.29 is 85.4 Å². The number of Topliss-reactive ketones (excluding diaryl/α,β-unsaturated/α-hetero) is 2. The van der Waals surface area contributed by atoms with Crippen LogP contribution in [0, 0.1) is 30.3 Å². The number of nitrogens with one attached hydrogen (secondary N) is 1. The van der Waals surface area contributed by atoms with Gasteiger partial charge in [0, 0.05) is 141 Å². The van der Waals surface area contributed by atoms with Crippen LogP contribution in [0.25, 0.3) is 0 Å². The molecule has 120 heavy (non-hydrogen) atoms. The first kappa shape index (κ1) is 96.9. The van der Waals surface area contributed by atoms with Crippen LogP contribution in [-0.2, 0) is 93.1 Å². The second-order valence-corrected chi connectivity index (χ2v) is 34.4. The molecule has 0 radical (unpaired) electrons. The van der Waals surface area contributed by atoms with Crippen molar-refractivity contribution in [3.05, 3.63) is 329 Å². The molecule has 27 nitrogen and oxygen atoms in total. The van der Waals surface area contributed by atoms with Crippen molar-refractivity contribution in [1.29, 1.82) is 0 Å². The third-order valence-electron chi connectivity index (χ3n) is 15.8. The molecule has 0 atom stereocenters. The lowest BCUT2D eigenvalue weighted by atomic mass is 10.0. The third kappa shape index (κ3) is 37.7. The van der Waals surface area contributed by atoms with E-state index in [9.17, 15) is 91.5 Å². The van der Waals surface area contributed by atoms with Gasteiger partial charge in [0.15, 0.2) is 29.5 Å². The van der Waals surface area contributed by atoms with Crippen LogP contribution in [0.5, 0.6) is 11.5 Å². The highest BCUT2D eigenvalue weighted by Gasteiger charge is 2.32. The maximum atomic E-state index is 12.5. The quantitative estimate of drug-likeness (QED) is 0.0115. The van der Waals surface area contributed by atoms with Crippen LogP contribution in [0.1, 0.15) is 50.1 Å². The Hall–Kier alpha value is -12.0. The Morgan fingerprint density at radius 1 is 0.475 bits per heavy atom. The molecule has 2 aromatic heterocycles. The molecule has 0 bridgehead atoms. The maximum absolute atomic E-state index is 12.5. The molecule has 2 heterocycles. The molecule has 0 saturated carbocycles. The number of non-ortho nitro benzene ring substituents is 3. The Morgan fingerprint density at radius 2 is 0.817 bits per heavy atom. The number of nitrogens with zero attached hydrogens (tertiary/aromatic N) is 9. The lowest BCUT2D eigenvalue weighted by Crippen LogP contribution is -2.17. The van der Waals surface area contributed by atoms with Crippen LogP contribution >= 0.6 is 39.3 Å². The van der Waals surface area contributed by atoms with Gasteiger partial charge in [-0.3, -0.25) is 39.9 Å². The smallest absolute Gasteiger partial charge is 0.406 e. The van der Waals surface area contributed by atoms with E-state index in [1.54, 1.807) is 115 Å². The number of anilines is 7. The second-order valence-electron chi connectivity index (χ2n) is 26.2. The van der Waals surface area contributed by atoms with E-state index in [2.05, 4.69) is 50.7 Å². The van der Waals surface area contributed by atoms with Crippen molar-refractivity contribution in [3.63, 3.8) is 0 Å². The summed E-state index contributed by atoms with van der Waals surface area (Å²) in [6, 6.07) is 61.6. The molecule has 0 aliphatic carbocycles. The summed E-state index contributed by atoms with van der Waals surface area (Å²) in [7, 11) is -5.58. The van der Waals surface area contributed by atoms with E-state index in [1.807, 2.05) is 90.8 Å². The number of halogens is 8. The summed E-state index contributed by atoms with van der Waals surface area (Å²) in [5, 5.41) is 34.9. The molecular formula is C81H79BrClF6N11O16S4. The highest BCUT2D eigenvalue weighted by atomic mass is 79.9. The van der Waals surface area contributed by atoms with Crippen LogP contribution < -0.4 is 30.3 Å². The second kappa shape index (κ2) is 45.8. The van der Waals surface area contributed by atoms with Gasteiger partial charge in [0.1, 0.15) is 34.7 Å². The van der Waals surface area contributed by atoms with E-state index in [0.29, 0.717) is 56.5 Å². The number of aromatic nitrogens is 4. The minimum atomic E-state index is -4.76. The van der Waals surface area contributed by atoms with Gasteiger partial charge in [-0.15, -0.1) is 26.3 Å². The number of rotatable bonds is 28. The fraction of sp³-hybridized carbons (Fsp3) is 0.210. The Labute approximate surface area is 705 Å². The Morgan fingerprint density at radius 3 is 1.19 bits per heavy atom. The topological polar surface area (TPSA) is 381 Å². The first-order chi connectivity index (χ1) is 56.3. The number of nitro groups is 3. The zero-order valence-electron chi connectivity index (χ0n) is 64.7. The Kier molecular flexibility index (Phi) is 37.0. The van der Waals surface area contributed by atoms with Crippen molar-refractivity contribution in [1.82, 2.24) is 19.9 Å². The number of hydrogen-bond donors (Lipinski definition) is 2. The van der Waals surface area contributed by atoms with E-state index >= 15 is 0 Å². The predicted octanol–water partition coefficient (Wildman–Crippen LogP) is 17.8. The van der Waals surface area contributed by atoms with Gasteiger partial charge < -0.3 is 30.3 Å². The molecule has 11 rings (SSSR count). The average molecular weight is 1820 g/mol. The SMILES string of the molecule is CN(c1ccc(CC(=O)Cc2ccc(OC(F)(F)F)cc2)cc1)c1ccnc(Cl)n1.CN(c1ccc(CC(=O)Cc2ccc(OC(F)(F)F)cc2)cc1)c1ccnc(Nc2cccc(CS(C)(=O)=O)c2)n1.CS(=O)(=O)Cc1cccc(N)c1.CS(=O)(=O)Cc1cccc([N+](=O)[O-])c1.CSCc1cccc([N+](=O)[O-])c1.O=[N+]([O-])c1cccc(CBr)c1. The van der Waals surface area contributed by atoms with E-state index in [4.69, 9.17) is 17.3 Å². The molecule has 634 valence electrons. The number of hydrogen-bond acceptors (Lipinski definition) is 25. The summed E-state index contributed by atoms with van der Waals surface area (Å²) < 4.78 is 148. The molecule has 0 saturated heterocycles. The normalized spacial score (nSPS) is 11.1. The van der Waals surface area contributed by atoms with Crippen molar-refractivity contribution in [2.75, 3.05) is 60.0 Å². The number of carbonyl (C=O) groups is 2. The summed E-state index contributed by atoms with van der Waals surface area (Å²) in [5.41, 5.74) is 15.2. The number of benzene rings is 9. The highest BCUT2D eigenvalue weighted by molar-refractivity contribution is 9.08. The van der Waals surface area contributed by atoms with Crippen LogP contribution in [0.2, 0.25) is 5.28 Å². The number of sulfone groups is 3. The zero-order chi connectivity index (χ0) is 88.5. The van der Waals surface area contributed by atoms with E-state index < -0.39 is 52.1 Å². The number of alkyl halides is 7. The van der Waals surface area contributed by atoms with Crippen LogP contribution in [0.3, 0.4) is 0 Å². The van der Waals surface area contributed by atoms with Crippen LogP contribution in [0.4, 0.5) is 83.7 Å². The van der Waals surface area contributed by atoms with Gasteiger partial charge in [0.2, 0.25) is 11.2 Å². The monoisotopic (exact) mass is 1820 g/mol. The molecule has 0 amide bonds. The van der Waals surface area contributed by atoms with Gasteiger partial charge in [-0.2, -0.15) is 16.7 Å². The standard InChI is InChI=1S/C29H27F3N4O4S.C21H17ClF3N3O2.C8H9NO4S.C8H11NO2S.C8H9NO2S.C7H6BrNO2/c1-36(27-14-15-33-28(35-27)34-23-5-3-4-22(16-23)19-41(2,38)39)24-10-6-20(7-11-24)17-25(37)18-21-8-12-26(13-9-21)40-29(30,31)32;1-28(19-10-11-26-20(22)27-19)16-6-2-14(3-7-16)12-17(29)13-15-4-8-18(9-5-15)30-21(23,24)25;1-14(12,13)6-7-3-2-4-8(5-7)9(10)11;1-12(10,11)6-7-3-2-4-8(9)5-7;1-12-6-7-3-2-4-8(5-7)9(10)11;8-5-6-2-1-3-7(4-6)9(10)11/h3-16H,17-19H2,1-2H3,(H,33,34,35);2-11H,12-13H2,1H3;2-5H,6H2,1H3;2-5H,6,9H2,1H3;2-5H,6H2,1H3;1-4H,5H2. The van der Waals surface area contributed by atoms with Gasteiger partial charge in [0.25, 0.3) is 17.1 Å². The zero-order valence-corrected chi connectivity index (χ0v) is 70.4. The molecule has 0 aliphatic rings. The summed E-state index contributed by atoms with van der Waals surface area (Å²) in [4.78, 5) is 75.0. The van der Waals surface area contributed by atoms with Crippen molar-refractivity contribution in [3.8, 4) is 11.5 Å². The predicted molar refractivity (Wildman–Crippen MR) is 455 cm³/mol. The van der Waals surface area contributed by atoms with Crippen molar-refractivity contribution >= 4 is 138 Å². The summed E-state index contributed by atoms with van der Waals surface area (Å²) in [6.07, 6.45) is -0.294. The number of nitro benzene ring substituents is 3. The van der Waals surface area contributed by atoms with E-state index in [-0.39, 0.29) is 93.3 Å². The molecule has 0 spiro atoms. The van der Waals surface area contributed by atoms with Gasteiger partial charge in [-0.05, 0) is 153 Å². The van der Waals surface area contributed by atoms with Gasteiger partial charge >= 0.3 is 12.7 Å². The third-order valence-corrected chi connectivity index (χ3v) is 19.8. The van der Waals surface area contributed by atoms with Gasteiger partial charge in [-0.25, -0.2) is 40.2 Å². The number of ether oxygens (including phenoxy) is 2. The van der Waals surface area contributed by atoms with Gasteiger partial charge in [-0.1, -0.05) is 125 Å². The van der Waals surface area contributed by atoms with Crippen LogP contribution in [-0.4, -0.2) is 123 Å². The molecule has 11 aromatic rings. The number of ketones is 2. The summed E-state index contributed by atoms with van der Waals surface area (Å²) in [6.45, 7) is 0. The fourth-order valence-corrected chi connectivity index (χ4v) is 14.0. The molecule has 0 fully saturated rings. The lowest BCUT2D eigenvalue weighted by molar-refractivity contribution is -0.385. The van der Waals surface area contributed by atoms with Crippen molar-refractivity contribution in [2.45, 2.75) is 66.7 Å². The first-order valence-electron chi connectivity index (χ1n) is 35.0. The molecular weight excluding hydrogens is 1740 g/mol. The maximum Gasteiger partial charge on any atom is 0.573 e. The number of nitrogens with two attached hydrogens (primary N) is 1. The molecule has 9 aromatic carbocycles. The summed E-state index contributed by atoms with van der Waals surface area (Å²) in [5.74, 6) is 1.43. The largest absolute Gasteiger partial charge is 0.573 e. The Balaban J connectivity index is 0.000000244. The lowest BCUT2D eigenvalue weighted by Gasteiger charge is -2.19. The van der Waals surface area contributed by atoms with E-state index in [1.165, 1.54) is 91.4 Å². The minimum absolute atomic E-state index is 0.0526. The first-order valence-corrected chi connectivity index (χ1v) is 44.1. The van der Waals surface area contributed by atoms with Crippen molar-refractivity contribution in [2.24, 2.45) is 0 Å². The molecule has 0 aliphatic heterocycles. The molecule has 39 heteroatoms. The Bertz CT molecular complexity index is 5650. The highest BCUT2D eigenvalue weighted by Crippen LogP contribution is 2.29. The van der Waals surface area contributed by atoms with Gasteiger partial charge in [0.05, 0.1) is 32.0 Å². The number of thioether (sulfide) groups is 1. The van der Waals surface area contributed by atoms with E-state index in [0.717, 1.165) is 51.2 Å².